The zero-order chi connectivity index (χ0) is 16.8. The van der Waals surface area contributed by atoms with E-state index in [1.54, 1.807) is 24.3 Å². The molecule has 0 spiro atoms. The smallest absolute Gasteiger partial charge is 0.253 e. The second-order valence-corrected chi connectivity index (χ2v) is 6.41. The second kappa shape index (κ2) is 7.71. The summed E-state index contributed by atoms with van der Waals surface area (Å²) in [6.45, 7) is 3.52. The van der Waals surface area contributed by atoms with Crippen LogP contribution in [0.4, 0.5) is 0 Å². The summed E-state index contributed by atoms with van der Waals surface area (Å²) in [5.74, 6) is -0.998. The van der Waals surface area contributed by atoms with Crippen LogP contribution < -0.4 is 10.5 Å². The molecule has 0 aliphatic carbocycles. The summed E-state index contributed by atoms with van der Waals surface area (Å²) in [6, 6.07) is 6.77. The molecule has 2 amide bonds. The number of nitrogens with two attached hydrogens (primary N) is 1. The summed E-state index contributed by atoms with van der Waals surface area (Å²) in [5.41, 5.74) is 1.02. The van der Waals surface area contributed by atoms with Gasteiger partial charge < -0.3 is 10.2 Å². The van der Waals surface area contributed by atoms with Gasteiger partial charge in [0.25, 0.3) is 5.91 Å². The summed E-state index contributed by atoms with van der Waals surface area (Å²) >= 11 is 0. The van der Waals surface area contributed by atoms with Crippen molar-refractivity contribution < 1.29 is 18.0 Å². The lowest BCUT2D eigenvalue weighted by Gasteiger charge is -2.18. The Bertz CT molecular complexity index is 670. The predicted molar refractivity (Wildman–Crippen MR) is 83.4 cm³/mol. The summed E-state index contributed by atoms with van der Waals surface area (Å²) in [7, 11) is -2.14. The van der Waals surface area contributed by atoms with Gasteiger partial charge >= 0.3 is 0 Å². The average Bonchev–Trinajstić information content (AvgIpc) is 2.49. The van der Waals surface area contributed by atoms with Crippen LogP contribution in [0.5, 0.6) is 0 Å². The van der Waals surface area contributed by atoms with Crippen molar-refractivity contribution in [2.45, 2.75) is 6.54 Å². The van der Waals surface area contributed by atoms with Gasteiger partial charge in [-0.1, -0.05) is 24.8 Å². The van der Waals surface area contributed by atoms with Gasteiger partial charge in [-0.15, -0.1) is 0 Å². The van der Waals surface area contributed by atoms with Crippen molar-refractivity contribution in [3.05, 3.63) is 48.0 Å². The van der Waals surface area contributed by atoms with Gasteiger partial charge in [0.1, 0.15) is 0 Å². The zero-order valence-corrected chi connectivity index (χ0v) is 13.1. The van der Waals surface area contributed by atoms with Crippen LogP contribution in [0.1, 0.15) is 15.9 Å². The Morgan fingerprint density at radius 1 is 1.36 bits per heavy atom. The summed E-state index contributed by atoms with van der Waals surface area (Å²) in [5, 5.41) is 7.52. The van der Waals surface area contributed by atoms with E-state index in [-0.39, 0.29) is 30.7 Å². The SMILES string of the molecule is C=CC(=O)NCc1ccccc1C(=O)N(C)CCS(N)(=O)=O. The molecule has 0 saturated heterocycles. The van der Waals surface area contributed by atoms with E-state index in [0.29, 0.717) is 11.1 Å². The number of hydrogen-bond acceptors (Lipinski definition) is 4. The minimum atomic E-state index is -3.63. The lowest BCUT2D eigenvalue weighted by atomic mass is 10.1. The molecule has 120 valence electrons. The molecule has 0 aliphatic rings. The lowest BCUT2D eigenvalue weighted by molar-refractivity contribution is -0.116. The third kappa shape index (κ3) is 5.66. The van der Waals surface area contributed by atoms with Gasteiger partial charge in [0, 0.05) is 25.7 Å². The van der Waals surface area contributed by atoms with Crippen LogP contribution in [0.2, 0.25) is 0 Å². The van der Waals surface area contributed by atoms with Gasteiger partial charge in [0.05, 0.1) is 5.75 Å². The van der Waals surface area contributed by atoms with Crippen LogP contribution in [0.25, 0.3) is 0 Å². The topological polar surface area (TPSA) is 110 Å². The molecule has 22 heavy (non-hydrogen) atoms. The number of sulfonamides is 1. The molecule has 0 heterocycles. The molecule has 0 fully saturated rings. The highest BCUT2D eigenvalue weighted by Gasteiger charge is 2.17. The number of rotatable bonds is 7. The minimum absolute atomic E-state index is 0.00891. The first-order chi connectivity index (χ1) is 10.2. The van der Waals surface area contributed by atoms with E-state index in [1.165, 1.54) is 11.9 Å². The first-order valence-electron chi connectivity index (χ1n) is 6.48. The predicted octanol–water partition coefficient (Wildman–Crippen LogP) is -0.151. The molecular formula is C14H19N3O4S. The largest absolute Gasteiger partial charge is 0.348 e. The van der Waals surface area contributed by atoms with E-state index in [2.05, 4.69) is 11.9 Å². The molecule has 0 aromatic heterocycles. The first kappa shape index (κ1) is 17.9. The van der Waals surface area contributed by atoms with E-state index < -0.39 is 10.0 Å². The maximum absolute atomic E-state index is 12.4. The molecular weight excluding hydrogens is 306 g/mol. The fraction of sp³-hybridized carbons (Fsp3) is 0.286. The Labute approximate surface area is 129 Å². The Balaban J connectivity index is 2.84. The zero-order valence-electron chi connectivity index (χ0n) is 12.3. The van der Waals surface area contributed by atoms with E-state index in [0.717, 1.165) is 6.08 Å². The van der Waals surface area contributed by atoms with Gasteiger partial charge in [-0.05, 0) is 17.7 Å². The quantitative estimate of drug-likeness (QED) is 0.679. The van der Waals surface area contributed by atoms with Crippen LogP contribution in [0, 0.1) is 0 Å². The number of carbonyl (C=O) groups excluding carboxylic acids is 2. The average molecular weight is 325 g/mol. The van der Waals surface area contributed by atoms with Crippen molar-refractivity contribution >= 4 is 21.8 Å². The van der Waals surface area contributed by atoms with E-state index >= 15 is 0 Å². The number of carbonyl (C=O) groups is 2. The van der Waals surface area contributed by atoms with Crippen LogP contribution in [-0.2, 0) is 21.4 Å². The van der Waals surface area contributed by atoms with Crippen LogP contribution in [0.15, 0.2) is 36.9 Å². The highest BCUT2D eigenvalue weighted by Crippen LogP contribution is 2.11. The fourth-order valence-corrected chi connectivity index (χ4v) is 2.24. The highest BCUT2D eigenvalue weighted by atomic mass is 32.2. The molecule has 1 rings (SSSR count). The van der Waals surface area contributed by atoms with Gasteiger partial charge in [0.2, 0.25) is 15.9 Å². The Hall–Kier alpha value is -2.19. The molecule has 1 aromatic rings. The number of primary sulfonamides is 1. The van der Waals surface area contributed by atoms with Gasteiger partial charge in [-0.2, -0.15) is 0 Å². The van der Waals surface area contributed by atoms with Crippen molar-refractivity contribution in [2.75, 3.05) is 19.3 Å². The second-order valence-electron chi connectivity index (χ2n) is 4.67. The van der Waals surface area contributed by atoms with E-state index in [1.807, 2.05) is 0 Å². The van der Waals surface area contributed by atoms with Crippen molar-refractivity contribution in [1.82, 2.24) is 10.2 Å². The van der Waals surface area contributed by atoms with Gasteiger partial charge in [0.15, 0.2) is 0 Å². The van der Waals surface area contributed by atoms with E-state index in [4.69, 9.17) is 5.14 Å². The number of amides is 2. The van der Waals surface area contributed by atoms with Gasteiger partial charge in [-0.25, -0.2) is 13.6 Å². The molecule has 7 nitrogen and oxygen atoms in total. The Kier molecular flexibility index (Phi) is 6.26. The minimum Gasteiger partial charge on any atom is -0.348 e. The summed E-state index contributed by atoms with van der Waals surface area (Å²) in [6.07, 6.45) is 1.14. The third-order valence-electron chi connectivity index (χ3n) is 2.94. The lowest BCUT2D eigenvalue weighted by Crippen LogP contribution is -2.34. The number of nitrogens with zero attached hydrogens (tertiary/aromatic N) is 1. The summed E-state index contributed by atoms with van der Waals surface area (Å²) in [4.78, 5) is 24.8. The van der Waals surface area contributed by atoms with Crippen LogP contribution in [-0.4, -0.2) is 44.5 Å². The molecule has 0 radical (unpaired) electrons. The number of benzene rings is 1. The molecule has 3 N–H and O–H groups in total. The maximum Gasteiger partial charge on any atom is 0.253 e. The first-order valence-corrected chi connectivity index (χ1v) is 8.20. The molecule has 0 bridgehead atoms. The molecule has 0 saturated carbocycles. The van der Waals surface area contributed by atoms with Crippen LogP contribution in [0.3, 0.4) is 0 Å². The molecule has 0 atom stereocenters. The fourth-order valence-electron chi connectivity index (χ4n) is 1.71. The summed E-state index contributed by atoms with van der Waals surface area (Å²) < 4.78 is 21.9. The number of nitrogens with one attached hydrogen (secondary N) is 1. The third-order valence-corrected chi connectivity index (χ3v) is 3.70. The van der Waals surface area contributed by atoms with Crippen molar-refractivity contribution in [3.8, 4) is 0 Å². The monoisotopic (exact) mass is 325 g/mol. The van der Waals surface area contributed by atoms with Crippen LogP contribution >= 0.6 is 0 Å². The molecule has 0 aliphatic heterocycles. The van der Waals surface area contributed by atoms with Crippen molar-refractivity contribution in [2.24, 2.45) is 5.14 Å². The standard InChI is InChI=1S/C14H19N3O4S/c1-3-13(18)16-10-11-6-4-5-7-12(11)14(19)17(2)8-9-22(15,20)21/h3-7H,1,8-10H2,2H3,(H,16,18)(H2,15,20,21). The highest BCUT2D eigenvalue weighted by molar-refractivity contribution is 7.89. The number of hydrogen-bond donors (Lipinski definition) is 2. The maximum atomic E-state index is 12.4. The molecule has 1 aromatic carbocycles. The Morgan fingerprint density at radius 3 is 2.59 bits per heavy atom. The normalized spacial score (nSPS) is 10.8. The molecule has 0 unspecified atom stereocenters. The van der Waals surface area contributed by atoms with Gasteiger partial charge in [-0.3, -0.25) is 9.59 Å². The van der Waals surface area contributed by atoms with E-state index in [9.17, 15) is 18.0 Å². The van der Waals surface area contributed by atoms with Crippen molar-refractivity contribution in [1.29, 1.82) is 0 Å². The Morgan fingerprint density at radius 2 is 2.00 bits per heavy atom. The molecule has 8 heteroatoms. The van der Waals surface area contributed by atoms with Crippen molar-refractivity contribution in [3.63, 3.8) is 0 Å².